The molecule has 1 aliphatic carbocycles. The Kier molecular flexibility index (Phi) is 14.5. The highest BCUT2D eigenvalue weighted by Crippen LogP contribution is 2.48. The predicted octanol–water partition coefficient (Wildman–Crippen LogP) is 8.66. The van der Waals surface area contributed by atoms with E-state index in [1.807, 2.05) is 65.0 Å². The maximum Gasteiger partial charge on any atom is 0.294 e. The molecule has 0 bridgehead atoms. The normalized spacial score (nSPS) is 21.0. The molecule has 3 aromatic carbocycles. The smallest absolute Gasteiger partial charge is 0.294 e. The van der Waals surface area contributed by atoms with E-state index in [9.17, 15) is 39.9 Å². The standard InChI is InChI=1S/C47H55ClF2N4O8S2/c1-6-53-38-21-19-33(63(57,58)59)26-35(38)45(2,3)40(53)16-9-7-10-17-41-46(4,5)36-27-34(64(60,61)62)20-22-39(36)54(41)25-12-8-11-18-42(55)52-30-47(50)24-23-31(28-47)44(56)51-29-32-14-13-15-37(48)43(32)49/h7,9-10,13-17,19-22,26-27,31H,6,8,11-12,18,23-25,28-30H2,1-5H3,(H3-,51,52,55,56,57,58,59,60,61,62)/p+1/t31-,47-/m0/s1. The molecule has 1 saturated carbocycles. The van der Waals surface area contributed by atoms with Crippen LogP contribution in [0.3, 0.4) is 0 Å². The van der Waals surface area contributed by atoms with Gasteiger partial charge in [0.1, 0.15) is 18.0 Å². The van der Waals surface area contributed by atoms with Crippen molar-refractivity contribution in [3.05, 3.63) is 118 Å². The van der Waals surface area contributed by atoms with Crippen LogP contribution in [0.4, 0.5) is 20.2 Å². The number of hydrogen-bond acceptors (Lipinski definition) is 7. The molecule has 0 spiro atoms. The molecule has 344 valence electrons. The summed E-state index contributed by atoms with van der Waals surface area (Å²) in [5.41, 5.74) is 2.27. The van der Waals surface area contributed by atoms with Crippen LogP contribution in [0.1, 0.15) is 96.3 Å². The molecular formula is C47H56ClF2N4O8S2+. The van der Waals surface area contributed by atoms with E-state index in [2.05, 4.69) is 20.1 Å². The summed E-state index contributed by atoms with van der Waals surface area (Å²) in [6, 6.07) is 13.7. The van der Waals surface area contributed by atoms with Gasteiger partial charge in [0.05, 0.1) is 26.8 Å². The van der Waals surface area contributed by atoms with Crippen molar-refractivity contribution in [3.63, 3.8) is 0 Å². The molecule has 0 aromatic heterocycles. The highest BCUT2D eigenvalue weighted by Gasteiger charge is 2.45. The Hall–Kier alpha value is -4.74. The minimum atomic E-state index is -4.46. The van der Waals surface area contributed by atoms with Crippen molar-refractivity contribution < 1.29 is 48.9 Å². The summed E-state index contributed by atoms with van der Waals surface area (Å²) in [7, 11) is -8.84. The topological polar surface area (TPSA) is 173 Å². The molecule has 0 radical (unpaired) electrons. The molecule has 0 unspecified atom stereocenters. The molecule has 12 nitrogen and oxygen atoms in total. The molecule has 2 atom stereocenters. The number of halogens is 3. The number of carbonyl (C=O) groups excluding carboxylic acids is 2. The molecule has 17 heteroatoms. The number of unbranched alkanes of at least 4 members (excludes halogenated alkanes) is 2. The lowest BCUT2D eigenvalue weighted by Gasteiger charge is -2.25. The lowest BCUT2D eigenvalue weighted by atomic mass is 9.81. The van der Waals surface area contributed by atoms with E-state index in [4.69, 9.17) is 11.6 Å². The monoisotopic (exact) mass is 941 g/mol. The molecule has 64 heavy (non-hydrogen) atoms. The second-order valence-corrected chi connectivity index (χ2v) is 21.0. The van der Waals surface area contributed by atoms with Crippen molar-refractivity contribution in [1.82, 2.24) is 10.6 Å². The molecular weight excluding hydrogens is 886 g/mol. The summed E-state index contributed by atoms with van der Waals surface area (Å²) in [5.74, 6) is -1.88. The van der Waals surface area contributed by atoms with E-state index < -0.39 is 48.5 Å². The first kappa shape index (κ1) is 48.7. The van der Waals surface area contributed by atoms with Crippen LogP contribution in [-0.2, 0) is 47.2 Å². The third-order valence-corrected chi connectivity index (χ3v) is 14.7. The molecule has 2 amide bonds. The van der Waals surface area contributed by atoms with E-state index in [-0.39, 0.29) is 64.5 Å². The molecule has 4 N–H and O–H groups in total. The fourth-order valence-electron chi connectivity index (χ4n) is 9.12. The Morgan fingerprint density at radius 1 is 0.906 bits per heavy atom. The van der Waals surface area contributed by atoms with Crippen LogP contribution < -0.4 is 15.5 Å². The van der Waals surface area contributed by atoms with Gasteiger partial charge in [0, 0.05) is 71.9 Å². The summed E-state index contributed by atoms with van der Waals surface area (Å²) in [4.78, 5) is 27.3. The van der Waals surface area contributed by atoms with Crippen molar-refractivity contribution in [2.75, 3.05) is 24.5 Å². The fraction of sp³-hybridized carbons (Fsp3) is 0.426. The number of anilines is 1. The molecule has 1 fully saturated rings. The van der Waals surface area contributed by atoms with Crippen LogP contribution in [0.25, 0.3) is 0 Å². The average molecular weight is 943 g/mol. The van der Waals surface area contributed by atoms with Gasteiger partial charge in [-0.25, -0.2) is 8.78 Å². The van der Waals surface area contributed by atoms with Crippen molar-refractivity contribution >= 4 is 60.7 Å². The minimum Gasteiger partial charge on any atom is -0.353 e. The average Bonchev–Trinajstić information content (AvgIpc) is 3.80. The third-order valence-electron chi connectivity index (χ3n) is 12.7. The largest absolute Gasteiger partial charge is 0.353 e. The number of fused-ring (bicyclic) bond motifs is 2. The predicted molar refractivity (Wildman–Crippen MR) is 244 cm³/mol. The molecule has 6 rings (SSSR count). The van der Waals surface area contributed by atoms with Gasteiger partial charge in [0.2, 0.25) is 17.5 Å². The van der Waals surface area contributed by atoms with Crippen LogP contribution in [-0.4, -0.2) is 73.3 Å². The molecule has 2 heterocycles. The summed E-state index contributed by atoms with van der Waals surface area (Å²) in [6.45, 7) is 10.8. The van der Waals surface area contributed by atoms with Crippen molar-refractivity contribution in [2.45, 2.75) is 112 Å². The lowest BCUT2D eigenvalue weighted by molar-refractivity contribution is -0.438. The number of allylic oxidation sites excluding steroid dienone is 6. The zero-order valence-corrected chi connectivity index (χ0v) is 39.0. The Morgan fingerprint density at radius 3 is 2.28 bits per heavy atom. The van der Waals surface area contributed by atoms with Gasteiger partial charge >= 0.3 is 0 Å². The summed E-state index contributed by atoms with van der Waals surface area (Å²) >= 11 is 5.83. The second kappa shape index (κ2) is 19.0. The van der Waals surface area contributed by atoms with Gasteiger partial charge < -0.3 is 15.5 Å². The van der Waals surface area contributed by atoms with Crippen molar-refractivity contribution in [3.8, 4) is 0 Å². The highest BCUT2D eigenvalue weighted by atomic mass is 35.5. The minimum absolute atomic E-state index is 0.0472. The Balaban J connectivity index is 1.07. The van der Waals surface area contributed by atoms with E-state index in [1.165, 1.54) is 36.4 Å². The number of nitrogens with one attached hydrogen (secondary N) is 2. The van der Waals surface area contributed by atoms with Gasteiger partial charge in [-0.1, -0.05) is 55.8 Å². The number of hydrogen-bond donors (Lipinski definition) is 4. The zero-order valence-electron chi connectivity index (χ0n) is 36.6. The second-order valence-electron chi connectivity index (χ2n) is 17.7. The van der Waals surface area contributed by atoms with Gasteiger partial charge in [0.25, 0.3) is 20.2 Å². The van der Waals surface area contributed by atoms with E-state index in [0.717, 1.165) is 33.9 Å². The quantitative estimate of drug-likeness (QED) is 0.0447. The number of amides is 2. The van der Waals surface area contributed by atoms with Crippen LogP contribution >= 0.6 is 11.6 Å². The lowest BCUT2D eigenvalue weighted by Crippen LogP contribution is -2.39. The molecule has 0 saturated heterocycles. The third kappa shape index (κ3) is 10.5. The van der Waals surface area contributed by atoms with Crippen LogP contribution in [0.5, 0.6) is 0 Å². The number of carbonyl (C=O) groups is 2. The van der Waals surface area contributed by atoms with E-state index >= 15 is 4.39 Å². The van der Waals surface area contributed by atoms with Crippen molar-refractivity contribution in [2.24, 2.45) is 5.92 Å². The zero-order chi connectivity index (χ0) is 46.8. The fourth-order valence-corrected chi connectivity index (χ4v) is 10.3. The number of rotatable bonds is 17. The van der Waals surface area contributed by atoms with Gasteiger partial charge in [-0.2, -0.15) is 21.4 Å². The van der Waals surface area contributed by atoms with E-state index in [0.29, 0.717) is 38.8 Å². The molecule has 2 aliphatic heterocycles. The Morgan fingerprint density at radius 2 is 1.59 bits per heavy atom. The molecule has 3 aliphatic rings. The first-order valence-corrected chi connectivity index (χ1v) is 24.6. The van der Waals surface area contributed by atoms with Crippen LogP contribution in [0.2, 0.25) is 5.02 Å². The number of nitrogens with zero attached hydrogens (tertiary/aromatic N) is 2. The van der Waals surface area contributed by atoms with Gasteiger partial charge in [-0.15, -0.1) is 0 Å². The van der Waals surface area contributed by atoms with Crippen molar-refractivity contribution in [1.29, 1.82) is 0 Å². The maximum absolute atomic E-state index is 15.7. The van der Waals surface area contributed by atoms with Crippen LogP contribution in [0.15, 0.2) is 100 Å². The van der Waals surface area contributed by atoms with Gasteiger partial charge in [-0.3, -0.25) is 18.7 Å². The first-order chi connectivity index (χ1) is 30.0. The molecule has 3 aromatic rings. The number of likely N-dealkylation sites (N-methyl/N-ethyl adjacent to an activating group) is 1. The van der Waals surface area contributed by atoms with Gasteiger partial charge in [-0.05, 0) is 101 Å². The highest BCUT2D eigenvalue weighted by molar-refractivity contribution is 7.86. The van der Waals surface area contributed by atoms with Gasteiger partial charge in [0.15, 0.2) is 5.71 Å². The Bertz CT molecular complexity index is 2680. The summed E-state index contributed by atoms with van der Waals surface area (Å²) < 4.78 is 99.6. The Labute approximate surface area is 379 Å². The van der Waals surface area contributed by atoms with E-state index in [1.54, 1.807) is 18.2 Å². The number of alkyl halides is 1. The number of benzene rings is 3. The summed E-state index contributed by atoms with van der Waals surface area (Å²) in [5, 5.41) is 5.33. The summed E-state index contributed by atoms with van der Waals surface area (Å²) in [6.07, 6.45) is 12.0. The SMILES string of the molecule is CCN1C(=CC=CC=CC2=[N+](CCCCCC(=O)NC[C@]3(F)CC[C@H](C(=O)NCc4cccc(Cl)c4F)C3)c3ccc(S(=O)(=O)O)cc3C2(C)C)C(C)(C)c2cc(S(=O)(=O)O)ccc21. The van der Waals surface area contributed by atoms with Crippen LogP contribution in [0, 0.1) is 11.7 Å². The first-order valence-electron chi connectivity index (χ1n) is 21.4. The maximum atomic E-state index is 15.7.